The summed E-state index contributed by atoms with van der Waals surface area (Å²) in [5, 5.41) is 0. The summed E-state index contributed by atoms with van der Waals surface area (Å²) in [7, 11) is 0. The van der Waals surface area contributed by atoms with Gasteiger partial charge in [0.25, 0.3) is 5.91 Å². The Bertz CT molecular complexity index is 412. The first-order valence-corrected chi connectivity index (χ1v) is 6.98. The van der Waals surface area contributed by atoms with Crippen LogP contribution in [0, 0.1) is 20.8 Å². The van der Waals surface area contributed by atoms with E-state index in [9.17, 15) is 4.79 Å². The molecule has 0 aliphatic heterocycles. The third kappa shape index (κ3) is 3.29. The van der Waals surface area contributed by atoms with E-state index in [2.05, 4.69) is 6.92 Å². The van der Waals surface area contributed by atoms with Crippen LogP contribution in [0.1, 0.15) is 47.2 Å². The number of unbranched alkanes of at least 4 members (excludes halogenated alkanes) is 1. The molecule has 0 saturated carbocycles. The fourth-order valence-corrected chi connectivity index (χ4v) is 2.24. The molecule has 0 atom stereocenters. The van der Waals surface area contributed by atoms with E-state index < -0.39 is 0 Å². The molecule has 0 bridgehead atoms. The molecule has 1 aromatic rings. The molecule has 0 aliphatic rings. The molecule has 0 radical (unpaired) electrons. The van der Waals surface area contributed by atoms with Crippen LogP contribution >= 0.6 is 11.6 Å². The molecule has 1 amide bonds. The zero-order valence-corrected chi connectivity index (χ0v) is 12.4. The highest BCUT2D eigenvalue weighted by molar-refractivity contribution is 6.18. The first-order chi connectivity index (χ1) is 8.52. The number of furan rings is 1. The normalized spacial score (nSPS) is 10.7. The van der Waals surface area contributed by atoms with Crippen LogP contribution in [0.4, 0.5) is 0 Å². The fraction of sp³-hybridized carbons (Fsp3) is 0.643. The molecule has 0 aromatic carbocycles. The van der Waals surface area contributed by atoms with Gasteiger partial charge in [-0.25, -0.2) is 0 Å². The Kier molecular flexibility index (Phi) is 5.73. The number of carbonyl (C=O) groups excluding carboxylic acids is 1. The average Bonchev–Trinajstić information content (AvgIpc) is 2.58. The first-order valence-electron chi connectivity index (χ1n) is 6.44. The third-order valence-electron chi connectivity index (χ3n) is 3.20. The maximum absolute atomic E-state index is 12.5. The summed E-state index contributed by atoms with van der Waals surface area (Å²) in [5.74, 6) is 2.02. The minimum atomic E-state index is 0.0379. The number of aryl methyl sites for hydroxylation is 2. The van der Waals surface area contributed by atoms with Gasteiger partial charge in [-0.2, -0.15) is 0 Å². The summed E-state index contributed by atoms with van der Waals surface area (Å²) in [6.07, 6.45) is 2.06. The molecule has 1 heterocycles. The maximum Gasteiger partial charge on any atom is 0.257 e. The minimum Gasteiger partial charge on any atom is -0.466 e. The van der Waals surface area contributed by atoms with Crippen molar-refractivity contribution < 1.29 is 9.21 Å². The van der Waals surface area contributed by atoms with Crippen LogP contribution in [0.5, 0.6) is 0 Å². The van der Waals surface area contributed by atoms with Crippen molar-refractivity contribution in [3.8, 4) is 0 Å². The Morgan fingerprint density at radius 2 is 1.89 bits per heavy atom. The second-order valence-corrected chi connectivity index (χ2v) is 4.93. The Balaban J connectivity index is 2.94. The molecule has 0 unspecified atom stereocenters. The molecule has 102 valence electrons. The first kappa shape index (κ1) is 15.1. The number of rotatable bonds is 6. The van der Waals surface area contributed by atoms with Gasteiger partial charge in [0.2, 0.25) is 0 Å². The highest BCUT2D eigenvalue weighted by atomic mass is 35.5. The molecule has 0 fully saturated rings. The van der Waals surface area contributed by atoms with Crippen LogP contribution in [-0.2, 0) is 0 Å². The van der Waals surface area contributed by atoms with Gasteiger partial charge in [-0.15, -0.1) is 11.6 Å². The van der Waals surface area contributed by atoms with Crippen molar-refractivity contribution in [2.75, 3.05) is 19.0 Å². The zero-order chi connectivity index (χ0) is 13.7. The van der Waals surface area contributed by atoms with Gasteiger partial charge in [0.05, 0.1) is 5.56 Å². The van der Waals surface area contributed by atoms with E-state index in [0.717, 1.165) is 30.7 Å². The van der Waals surface area contributed by atoms with Crippen molar-refractivity contribution in [2.24, 2.45) is 0 Å². The van der Waals surface area contributed by atoms with Crippen molar-refractivity contribution in [2.45, 2.75) is 40.5 Å². The van der Waals surface area contributed by atoms with Gasteiger partial charge in [-0.05, 0) is 27.2 Å². The van der Waals surface area contributed by atoms with Crippen LogP contribution in [0.15, 0.2) is 4.42 Å². The van der Waals surface area contributed by atoms with Crippen molar-refractivity contribution in [1.82, 2.24) is 4.90 Å². The lowest BCUT2D eigenvalue weighted by Crippen LogP contribution is -2.34. The highest BCUT2D eigenvalue weighted by Crippen LogP contribution is 2.22. The van der Waals surface area contributed by atoms with Crippen LogP contribution < -0.4 is 0 Å². The molecular formula is C14H22ClNO2. The quantitative estimate of drug-likeness (QED) is 0.740. The average molecular weight is 272 g/mol. The van der Waals surface area contributed by atoms with Gasteiger partial charge in [-0.3, -0.25) is 4.79 Å². The largest absolute Gasteiger partial charge is 0.466 e. The maximum atomic E-state index is 12.5. The smallest absolute Gasteiger partial charge is 0.257 e. The van der Waals surface area contributed by atoms with E-state index >= 15 is 0 Å². The predicted molar refractivity (Wildman–Crippen MR) is 74.5 cm³/mol. The number of halogens is 1. The number of amides is 1. The predicted octanol–water partition coefficient (Wildman–Crippen LogP) is 3.69. The molecule has 3 nitrogen and oxygen atoms in total. The number of hydrogen-bond donors (Lipinski definition) is 0. The van der Waals surface area contributed by atoms with Crippen LogP contribution in [0.25, 0.3) is 0 Å². The Morgan fingerprint density at radius 1 is 1.22 bits per heavy atom. The molecule has 1 rings (SSSR count). The third-order valence-corrected chi connectivity index (χ3v) is 3.37. The van der Waals surface area contributed by atoms with E-state index in [1.165, 1.54) is 0 Å². The molecule has 0 spiro atoms. The van der Waals surface area contributed by atoms with E-state index in [1.807, 2.05) is 25.7 Å². The summed E-state index contributed by atoms with van der Waals surface area (Å²) in [6, 6.07) is 0. The number of hydrogen-bond acceptors (Lipinski definition) is 2. The minimum absolute atomic E-state index is 0.0379. The van der Waals surface area contributed by atoms with Gasteiger partial charge in [0.15, 0.2) is 0 Å². The van der Waals surface area contributed by atoms with Crippen molar-refractivity contribution in [3.05, 3.63) is 22.6 Å². The zero-order valence-electron chi connectivity index (χ0n) is 11.7. The Labute approximate surface area is 114 Å². The lowest BCUT2D eigenvalue weighted by molar-refractivity contribution is 0.0761. The van der Waals surface area contributed by atoms with Crippen LogP contribution in [0.2, 0.25) is 0 Å². The van der Waals surface area contributed by atoms with E-state index in [0.29, 0.717) is 23.7 Å². The second kappa shape index (κ2) is 6.83. The van der Waals surface area contributed by atoms with E-state index in [-0.39, 0.29) is 5.91 Å². The summed E-state index contributed by atoms with van der Waals surface area (Å²) in [6.45, 7) is 9.11. The van der Waals surface area contributed by atoms with Crippen LogP contribution in [-0.4, -0.2) is 29.8 Å². The molecular weight excluding hydrogens is 250 g/mol. The van der Waals surface area contributed by atoms with Crippen molar-refractivity contribution >= 4 is 17.5 Å². The molecule has 0 aliphatic carbocycles. The van der Waals surface area contributed by atoms with Crippen LogP contribution in [0.3, 0.4) is 0 Å². The van der Waals surface area contributed by atoms with Gasteiger partial charge >= 0.3 is 0 Å². The van der Waals surface area contributed by atoms with E-state index in [4.69, 9.17) is 16.0 Å². The van der Waals surface area contributed by atoms with Gasteiger partial charge in [0, 0.05) is 24.5 Å². The Morgan fingerprint density at radius 3 is 2.33 bits per heavy atom. The number of alkyl halides is 1. The lowest BCUT2D eigenvalue weighted by atomic mass is 10.1. The monoisotopic (exact) mass is 271 g/mol. The molecule has 1 aromatic heterocycles. The molecule has 18 heavy (non-hydrogen) atoms. The topological polar surface area (TPSA) is 33.5 Å². The summed E-state index contributed by atoms with van der Waals surface area (Å²) in [4.78, 5) is 14.3. The van der Waals surface area contributed by atoms with Gasteiger partial charge in [0.1, 0.15) is 11.5 Å². The summed E-state index contributed by atoms with van der Waals surface area (Å²) >= 11 is 5.77. The van der Waals surface area contributed by atoms with Gasteiger partial charge in [-0.1, -0.05) is 13.3 Å². The second-order valence-electron chi connectivity index (χ2n) is 4.55. The lowest BCUT2D eigenvalue weighted by Gasteiger charge is -2.21. The molecule has 0 saturated heterocycles. The summed E-state index contributed by atoms with van der Waals surface area (Å²) in [5.41, 5.74) is 1.64. The SMILES string of the molecule is CCCCN(CCCl)C(=O)c1c(C)oc(C)c1C. The number of nitrogens with zero attached hydrogens (tertiary/aromatic N) is 1. The highest BCUT2D eigenvalue weighted by Gasteiger charge is 2.23. The molecule has 0 N–H and O–H groups in total. The number of carbonyl (C=O) groups is 1. The van der Waals surface area contributed by atoms with Crippen molar-refractivity contribution in [1.29, 1.82) is 0 Å². The summed E-state index contributed by atoms with van der Waals surface area (Å²) < 4.78 is 5.52. The Hall–Kier alpha value is -0.960. The van der Waals surface area contributed by atoms with Gasteiger partial charge < -0.3 is 9.32 Å². The van der Waals surface area contributed by atoms with Crippen molar-refractivity contribution in [3.63, 3.8) is 0 Å². The molecule has 4 heteroatoms. The fourth-order valence-electron chi connectivity index (χ4n) is 2.03. The standard InChI is InChI=1S/C14H22ClNO2/c1-5-6-8-16(9-7-15)14(17)13-10(2)11(3)18-12(13)4/h5-9H2,1-4H3. The van der Waals surface area contributed by atoms with E-state index in [1.54, 1.807) is 0 Å².